The first kappa shape index (κ1) is 17.4. The molecule has 1 atom stereocenters. The van der Waals surface area contributed by atoms with E-state index in [0.717, 1.165) is 6.07 Å². The van der Waals surface area contributed by atoms with Crippen LogP contribution in [0.2, 0.25) is 0 Å². The summed E-state index contributed by atoms with van der Waals surface area (Å²) >= 11 is 2.90. The zero-order valence-electron chi connectivity index (χ0n) is 11.3. The predicted molar refractivity (Wildman–Crippen MR) is 77.2 cm³/mol. The third-order valence-electron chi connectivity index (χ3n) is 2.66. The zero-order valence-corrected chi connectivity index (χ0v) is 12.8. The second kappa shape index (κ2) is 7.92. The van der Waals surface area contributed by atoms with E-state index in [2.05, 4.69) is 26.6 Å². The lowest BCUT2D eigenvalue weighted by Crippen LogP contribution is -2.36. The van der Waals surface area contributed by atoms with E-state index in [4.69, 9.17) is 5.11 Å². The second-order valence-electron chi connectivity index (χ2n) is 4.53. The van der Waals surface area contributed by atoms with Crippen molar-refractivity contribution in [2.75, 3.05) is 5.32 Å². The maximum atomic E-state index is 13.5. The van der Waals surface area contributed by atoms with Gasteiger partial charge >= 0.3 is 12.0 Å². The van der Waals surface area contributed by atoms with Gasteiger partial charge in [-0.1, -0.05) is 0 Å². The molecule has 0 bridgehead atoms. The average Bonchev–Trinajstić information content (AvgIpc) is 2.35. The van der Waals surface area contributed by atoms with Crippen LogP contribution in [0.4, 0.5) is 19.3 Å². The second-order valence-corrected chi connectivity index (χ2v) is 5.39. The Labute approximate surface area is 128 Å². The summed E-state index contributed by atoms with van der Waals surface area (Å²) in [6.07, 6.45) is 0.926. The maximum Gasteiger partial charge on any atom is 0.319 e. The summed E-state index contributed by atoms with van der Waals surface area (Å²) in [5, 5.41) is 13.3. The molecule has 0 saturated heterocycles. The SMILES string of the molecule is CC(CCCC(=O)O)NC(=O)Nc1cc(Br)c(F)cc1F. The molecule has 0 aromatic heterocycles. The van der Waals surface area contributed by atoms with Crippen LogP contribution in [0, 0.1) is 11.6 Å². The quantitative estimate of drug-likeness (QED) is 0.676. The minimum atomic E-state index is -0.898. The van der Waals surface area contributed by atoms with Gasteiger partial charge < -0.3 is 15.7 Å². The Hall–Kier alpha value is -1.70. The molecule has 1 unspecified atom stereocenters. The molecule has 0 spiro atoms. The molecule has 1 aromatic carbocycles. The highest BCUT2D eigenvalue weighted by molar-refractivity contribution is 9.10. The number of carbonyl (C=O) groups excluding carboxylic acids is 1. The van der Waals surface area contributed by atoms with Crippen molar-refractivity contribution in [3.8, 4) is 0 Å². The van der Waals surface area contributed by atoms with Gasteiger partial charge in [0.25, 0.3) is 0 Å². The van der Waals surface area contributed by atoms with Gasteiger partial charge in [0.05, 0.1) is 10.2 Å². The molecule has 0 aliphatic rings. The minimum Gasteiger partial charge on any atom is -0.481 e. The topological polar surface area (TPSA) is 78.4 Å². The number of aliphatic carboxylic acids is 1. The van der Waals surface area contributed by atoms with Crippen LogP contribution in [0.15, 0.2) is 16.6 Å². The molecule has 3 N–H and O–H groups in total. The van der Waals surface area contributed by atoms with Crippen LogP contribution in [0.5, 0.6) is 0 Å². The number of urea groups is 1. The summed E-state index contributed by atoms with van der Waals surface area (Å²) < 4.78 is 26.5. The Bertz CT molecular complexity index is 540. The summed E-state index contributed by atoms with van der Waals surface area (Å²) in [6.45, 7) is 1.71. The molecule has 8 heteroatoms. The number of anilines is 1. The predicted octanol–water partition coefficient (Wildman–Crippen LogP) is 3.49. The molecule has 0 saturated carbocycles. The number of amides is 2. The van der Waals surface area contributed by atoms with E-state index in [9.17, 15) is 18.4 Å². The summed E-state index contributed by atoms with van der Waals surface area (Å²) in [7, 11) is 0. The smallest absolute Gasteiger partial charge is 0.319 e. The Kier molecular flexibility index (Phi) is 6.54. The van der Waals surface area contributed by atoms with Crippen molar-refractivity contribution in [1.82, 2.24) is 5.32 Å². The molecule has 21 heavy (non-hydrogen) atoms. The van der Waals surface area contributed by atoms with Gasteiger partial charge in [-0.15, -0.1) is 0 Å². The van der Waals surface area contributed by atoms with Crippen molar-refractivity contribution in [3.05, 3.63) is 28.2 Å². The fourth-order valence-electron chi connectivity index (χ4n) is 1.63. The number of carbonyl (C=O) groups is 2. The molecule has 2 amide bonds. The first-order valence-electron chi connectivity index (χ1n) is 6.23. The van der Waals surface area contributed by atoms with Crippen LogP contribution in [0.1, 0.15) is 26.2 Å². The van der Waals surface area contributed by atoms with E-state index in [0.29, 0.717) is 18.9 Å². The largest absolute Gasteiger partial charge is 0.481 e. The van der Waals surface area contributed by atoms with Crippen molar-refractivity contribution in [2.45, 2.75) is 32.2 Å². The van der Waals surface area contributed by atoms with Gasteiger partial charge in [0.15, 0.2) is 0 Å². The van der Waals surface area contributed by atoms with E-state index in [1.165, 1.54) is 0 Å². The number of halogens is 3. The van der Waals surface area contributed by atoms with Crippen LogP contribution in [-0.4, -0.2) is 23.1 Å². The Morgan fingerprint density at radius 2 is 2.00 bits per heavy atom. The van der Waals surface area contributed by atoms with Gasteiger partial charge in [-0.25, -0.2) is 13.6 Å². The minimum absolute atomic E-state index is 0.0210. The highest BCUT2D eigenvalue weighted by Crippen LogP contribution is 2.23. The van der Waals surface area contributed by atoms with Gasteiger partial charge in [-0.05, 0) is 41.8 Å². The molecule has 0 aliphatic carbocycles. The Morgan fingerprint density at radius 1 is 1.33 bits per heavy atom. The van der Waals surface area contributed by atoms with E-state index in [1.807, 2.05) is 0 Å². The lowest BCUT2D eigenvalue weighted by Gasteiger charge is -2.14. The molecule has 1 aromatic rings. The van der Waals surface area contributed by atoms with Gasteiger partial charge in [0.1, 0.15) is 11.6 Å². The number of nitrogens with one attached hydrogen (secondary N) is 2. The van der Waals surface area contributed by atoms with Crippen molar-refractivity contribution < 1.29 is 23.5 Å². The monoisotopic (exact) mass is 364 g/mol. The highest BCUT2D eigenvalue weighted by atomic mass is 79.9. The van der Waals surface area contributed by atoms with Crippen molar-refractivity contribution in [2.24, 2.45) is 0 Å². The molecule has 0 radical (unpaired) electrons. The fourth-order valence-corrected chi connectivity index (χ4v) is 1.98. The van der Waals surface area contributed by atoms with Crippen LogP contribution >= 0.6 is 15.9 Å². The molecule has 0 heterocycles. The number of carboxylic acids is 1. The number of benzene rings is 1. The van der Waals surface area contributed by atoms with Crippen LogP contribution in [0.25, 0.3) is 0 Å². The van der Waals surface area contributed by atoms with Crippen molar-refractivity contribution in [1.29, 1.82) is 0 Å². The maximum absolute atomic E-state index is 13.5. The van der Waals surface area contributed by atoms with E-state index in [1.54, 1.807) is 6.92 Å². The molecule has 0 aliphatic heterocycles. The Balaban J connectivity index is 2.50. The lowest BCUT2D eigenvalue weighted by atomic mass is 10.1. The van der Waals surface area contributed by atoms with E-state index < -0.39 is 23.6 Å². The lowest BCUT2D eigenvalue weighted by molar-refractivity contribution is -0.137. The van der Waals surface area contributed by atoms with Gasteiger partial charge in [-0.2, -0.15) is 0 Å². The standard InChI is InChI=1S/C13H15BrF2N2O3/c1-7(3-2-4-12(19)20)17-13(21)18-11-5-8(14)9(15)6-10(11)16/h5-7H,2-4H2,1H3,(H,19,20)(H2,17,18,21). The number of hydrogen-bond donors (Lipinski definition) is 3. The first-order valence-corrected chi connectivity index (χ1v) is 7.02. The third kappa shape index (κ3) is 6.07. The first-order chi connectivity index (χ1) is 9.79. The third-order valence-corrected chi connectivity index (χ3v) is 3.27. The van der Waals surface area contributed by atoms with Crippen molar-refractivity contribution in [3.63, 3.8) is 0 Å². The van der Waals surface area contributed by atoms with E-state index in [-0.39, 0.29) is 22.6 Å². The summed E-state index contributed by atoms with van der Waals surface area (Å²) in [5.41, 5.74) is -0.154. The van der Waals surface area contributed by atoms with Gasteiger partial charge in [0, 0.05) is 18.5 Å². The number of rotatable bonds is 6. The normalized spacial score (nSPS) is 11.8. The molecule has 116 valence electrons. The number of hydrogen-bond acceptors (Lipinski definition) is 2. The molecule has 5 nitrogen and oxygen atoms in total. The Morgan fingerprint density at radius 3 is 2.62 bits per heavy atom. The highest BCUT2D eigenvalue weighted by Gasteiger charge is 2.13. The number of carboxylic acid groups (broad SMARTS) is 1. The summed E-state index contributed by atoms with van der Waals surface area (Å²) in [4.78, 5) is 22.0. The van der Waals surface area contributed by atoms with Crippen LogP contribution in [0.3, 0.4) is 0 Å². The average molecular weight is 365 g/mol. The van der Waals surface area contributed by atoms with Gasteiger partial charge in [-0.3, -0.25) is 4.79 Å². The molecular formula is C13H15BrF2N2O3. The van der Waals surface area contributed by atoms with E-state index >= 15 is 0 Å². The summed E-state index contributed by atoms with van der Waals surface area (Å²) in [6, 6.07) is 0.876. The summed E-state index contributed by atoms with van der Waals surface area (Å²) in [5.74, 6) is -2.55. The van der Waals surface area contributed by atoms with Crippen LogP contribution < -0.4 is 10.6 Å². The van der Waals surface area contributed by atoms with Crippen molar-refractivity contribution >= 4 is 33.6 Å². The molecule has 0 fully saturated rings. The fraction of sp³-hybridized carbons (Fsp3) is 0.385. The van der Waals surface area contributed by atoms with Gasteiger partial charge in [0.2, 0.25) is 0 Å². The zero-order chi connectivity index (χ0) is 16.0. The van der Waals surface area contributed by atoms with Crippen LogP contribution in [-0.2, 0) is 4.79 Å². The molecule has 1 rings (SSSR count). The molecular weight excluding hydrogens is 350 g/mol.